The first-order valence-electron chi connectivity index (χ1n) is 14.9. The molecule has 1 N–H and O–H groups in total. The normalized spacial score (nSPS) is 18.6. The second kappa shape index (κ2) is 12.6. The molecule has 9 nitrogen and oxygen atoms in total. The Morgan fingerprint density at radius 1 is 0.930 bits per heavy atom. The molecule has 0 spiro atoms. The Balaban J connectivity index is 1.31. The second-order valence-electron chi connectivity index (χ2n) is 11.1. The molecule has 0 bridgehead atoms. The number of pyridine rings is 1. The van der Waals surface area contributed by atoms with E-state index in [9.17, 15) is 14.4 Å². The van der Waals surface area contributed by atoms with Crippen LogP contribution in [-0.2, 0) is 29.1 Å². The number of carbonyl (C=O) groups is 3. The number of amides is 4. The molecule has 43 heavy (non-hydrogen) atoms. The Kier molecular flexibility index (Phi) is 8.33. The summed E-state index contributed by atoms with van der Waals surface area (Å²) in [6, 6.07) is 28.5. The summed E-state index contributed by atoms with van der Waals surface area (Å²) < 4.78 is 0. The molecule has 2 atom stereocenters. The van der Waals surface area contributed by atoms with Gasteiger partial charge in [0, 0.05) is 37.6 Å². The van der Waals surface area contributed by atoms with Crippen LogP contribution in [0.2, 0.25) is 0 Å². The standard InChI is InChI=1S/C34H36N6O3/c1-2-19-38(34(43)36-21-26-13-7-4-8-14-26)39-24-31(41)40-29(20-25-11-5-3-6-12-25)33(42)37(23-30(39)40)22-28-16-9-15-27-17-10-18-35-32(27)28/h3-18,29-30H,2,19-24H2,1H3,(H,36,43)/t29-,30+/m0/s1. The van der Waals surface area contributed by atoms with Gasteiger partial charge in [-0.1, -0.05) is 91.9 Å². The first kappa shape index (κ1) is 28.4. The number of nitrogens with one attached hydrogen (secondary N) is 1. The summed E-state index contributed by atoms with van der Waals surface area (Å²) >= 11 is 0. The predicted octanol–water partition coefficient (Wildman–Crippen LogP) is 4.20. The molecular weight excluding hydrogens is 540 g/mol. The van der Waals surface area contributed by atoms with E-state index in [1.54, 1.807) is 16.1 Å². The number of aromatic nitrogens is 1. The van der Waals surface area contributed by atoms with Crippen molar-refractivity contribution in [1.82, 2.24) is 30.1 Å². The van der Waals surface area contributed by atoms with Crippen molar-refractivity contribution in [3.05, 3.63) is 114 Å². The lowest BCUT2D eigenvalue weighted by molar-refractivity contribution is -0.157. The number of benzene rings is 3. The van der Waals surface area contributed by atoms with Crippen molar-refractivity contribution in [2.45, 2.75) is 45.1 Å². The van der Waals surface area contributed by atoms with Crippen molar-refractivity contribution in [3.63, 3.8) is 0 Å². The molecule has 0 unspecified atom stereocenters. The molecule has 2 aliphatic rings. The highest BCUT2D eigenvalue weighted by molar-refractivity contribution is 5.92. The van der Waals surface area contributed by atoms with E-state index in [0.717, 1.165) is 27.6 Å². The molecule has 0 radical (unpaired) electrons. The van der Waals surface area contributed by atoms with E-state index >= 15 is 0 Å². The summed E-state index contributed by atoms with van der Waals surface area (Å²) in [5.41, 5.74) is 3.77. The average molecular weight is 577 g/mol. The lowest BCUT2D eigenvalue weighted by atomic mass is 9.99. The van der Waals surface area contributed by atoms with Gasteiger partial charge in [-0.2, -0.15) is 5.01 Å². The van der Waals surface area contributed by atoms with E-state index in [1.807, 2.05) is 108 Å². The lowest BCUT2D eigenvalue weighted by Crippen LogP contribution is -2.66. The van der Waals surface area contributed by atoms with Crippen LogP contribution in [0.5, 0.6) is 0 Å². The van der Waals surface area contributed by atoms with Crippen LogP contribution >= 0.6 is 0 Å². The Labute approximate surface area is 251 Å². The molecule has 4 amide bonds. The molecule has 9 heteroatoms. The number of piperazine rings is 1. The summed E-state index contributed by atoms with van der Waals surface area (Å²) in [6.07, 6.45) is 2.40. The molecule has 0 aliphatic carbocycles. The molecule has 0 saturated carbocycles. The zero-order chi connectivity index (χ0) is 29.8. The fraction of sp³-hybridized carbons (Fsp3) is 0.294. The molecule has 220 valence electrons. The van der Waals surface area contributed by atoms with Gasteiger partial charge in [0.1, 0.15) is 12.2 Å². The van der Waals surface area contributed by atoms with Crippen molar-refractivity contribution < 1.29 is 14.4 Å². The van der Waals surface area contributed by atoms with Crippen molar-refractivity contribution >= 4 is 28.7 Å². The van der Waals surface area contributed by atoms with Crippen LogP contribution in [0, 0.1) is 0 Å². The Morgan fingerprint density at radius 2 is 1.65 bits per heavy atom. The quantitative estimate of drug-likeness (QED) is 0.323. The van der Waals surface area contributed by atoms with Crippen molar-refractivity contribution in [3.8, 4) is 0 Å². The van der Waals surface area contributed by atoms with Crippen LogP contribution in [0.15, 0.2) is 97.2 Å². The molecule has 4 aromatic rings. The van der Waals surface area contributed by atoms with E-state index < -0.39 is 12.2 Å². The third-order valence-electron chi connectivity index (χ3n) is 8.18. The molecule has 3 aromatic carbocycles. The molecule has 6 rings (SSSR count). The number of fused-ring (bicyclic) bond motifs is 2. The maximum atomic E-state index is 14.2. The number of carbonyl (C=O) groups excluding carboxylic acids is 3. The Morgan fingerprint density at radius 3 is 2.40 bits per heavy atom. The van der Waals surface area contributed by atoms with Crippen LogP contribution in [0.4, 0.5) is 4.79 Å². The highest BCUT2D eigenvalue weighted by Gasteiger charge is 2.52. The minimum Gasteiger partial charge on any atom is -0.333 e. The number of para-hydroxylation sites is 1. The fourth-order valence-corrected chi connectivity index (χ4v) is 6.15. The van der Waals surface area contributed by atoms with Gasteiger partial charge in [0.2, 0.25) is 11.8 Å². The van der Waals surface area contributed by atoms with Gasteiger partial charge in [0.05, 0.1) is 18.6 Å². The van der Waals surface area contributed by atoms with Crippen molar-refractivity contribution in [2.75, 3.05) is 19.6 Å². The molecule has 1 aromatic heterocycles. The van der Waals surface area contributed by atoms with Crippen molar-refractivity contribution in [2.24, 2.45) is 0 Å². The van der Waals surface area contributed by atoms with Gasteiger partial charge >= 0.3 is 6.03 Å². The van der Waals surface area contributed by atoms with Crippen LogP contribution < -0.4 is 5.32 Å². The fourth-order valence-electron chi connectivity index (χ4n) is 6.15. The maximum absolute atomic E-state index is 14.2. The molecule has 2 fully saturated rings. The third-order valence-corrected chi connectivity index (χ3v) is 8.18. The third kappa shape index (κ3) is 5.94. The van der Waals surface area contributed by atoms with E-state index in [-0.39, 0.29) is 30.9 Å². The SMILES string of the molecule is CCCN(C(=O)NCc1ccccc1)N1CC(=O)N2[C@@H](Cc3ccccc3)C(=O)N(Cc3cccc4cccnc34)C[C@@H]21. The van der Waals surface area contributed by atoms with Crippen molar-refractivity contribution in [1.29, 1.82) is 0 Å². The van der Waals surface area contributed by atoms with Crippen LogP contribution in [0.3, 0.4) is 0 Å². The summed E-state index contributed by atoms with van der Waals surface area (Å²) in [5, 5.41) is 7.54. The average Bonchev–Trinajstić information content (AvgIpc) is 3.36. The summed E-state index contributed by atoms with van der Waals surface area (Å²) in [6.45, 7) is 3.51. The van der Waals surface area contributed by atoms with Gasteiger partial charge in [0.15, 0.2) is 0 Å². The van der Waals surface area contributed by atoms with Gasteiger partial charge in [-0.3, -0.25) is 19.6 Å². The lowest BCUT2D eigenvalue weighted by Gasteiger charge is -2.46. The number of urea groups is 1. The van der Waals surface area contributed by atoms with Gasteiger partial charge in [-0.25, -0.2) is 4.79 Å². The molecule has 2 saturated heterocycles. The minimum absolute atomic E-state index is 0.0334. The number of hydrazine groups is 1. The van der Waals surface area contributed by atoms with E-state index in [4.69, 9.17) is 0 Å². The number of nitrogens with zero attached hydrogens (tertiary/aromatic N) is 5. The minimum atomic E-state index is -0.683. The van der Waals surface area contributed by atoms with Crippen LogP contribution in [-0.4, -0.2) is 74.5 Å². The zero-order valence-electron chi connectivity index (χ0n) is 24.3. The highest BCUT2D eigenvalue weighted by atomic mass is 16.2. The second-order valence-corrected chi connectivity index (χ2v) is 11.1. The molecular formula is C34H36N6O3. The van der Waals surface area contributed by atoms with Gasteiger partial charge < -0.3 is 15.1 Å². The summed E-state index contributed by atoms with van der Waals surface area (Å²) in [5.74, 6) is -0.249. The first-order chi connectivity index (χ1) is 21.0. The summed E-state index contributed by atoms with van der Waals surface area (Å²) in [7, 11) is 0. The van der Waals surface area contributed by atoms with Crippen LogP contribution in [0.25, 0.3) is 10.9 Å². The van der Waals surface area contributed by atoms with E-state index in [0.29, 0.717) is 32.5 Å². The Bertz CT molecular complexity index is 1590. The summed E-state index contributed by atoms with van der Waals surface area (Å²) in [4.78, 5) is 49.5. The first-order valence-corrected chi connectivity index (χ1v) is 14.9. The number of hydrogen-bond acceptors (Lipinski definition) is 5. The smallest absolute Gasteiger partial charge is 0.332 e. The topological polar surface area (TPSA) is 89.1 Å². The van der Waals surface area contributed by atoms with Crippen LogP contribution in [0.1, 0.15) is 30.0 Å². The molecule has 2 aliphatic heterocycles. The monoisotopic (exact) mass is 576 g/mol. The number of hydrogen-bond donors (Lipinski definition) is 1. The Hall–Kier alpha value is -4.76. The maximum Gasteiger partial charge on any atom is 0.332 e. The van der Waals surface area contributed by atoms with Gasteiger partial charge in [-0.15, -0.1) is 0 Å². The van der Waals surface area contributed by atoms with E-state index in [2.05, 4.69) is 10.3 Å². The number of rotatable bonds is 9. The van der Waals surface area contributed by atoms with E-state index in [1.165, 1.54) is 0 Å². The highest BCUT2D eigenvalue weighted by Crippen LogP contribution is 2.31. The molecule has 3 heterocycles. The predicted molar refractivity (Wildman–Crippen MR) is 164 cm³/mol. The largest absolute Gasteiger partial charge is 0.333 e. The zero-order valence-corrected chi connectivity index (χ0v) is 24.3. The van der Waals surface area contributed by atoms with Gasteiger partial charge in [-0.05, 0) is 29.2 Å². The van der Waals surface area contributed by atoms with Gasteiger partial charge in [0.25, 0.3) is 0 Å².